The molecule has 1 atom stereocenters. The van der Waals surface area contributed by atoms with Gasteiger partial charge in [-0.05, 0) is 42.9 Å². The summed E-state index contributed by atoms with van der Waals surface area (Å²) in [6.45, 7) is 5.50. The maximum Gasteiger partial charge on any atom is 0.243 e. The van der Waals surface area contributed by atoms with E-state index in [1.54, 1.807) is 39.9 Å². The Bertz CT molecular complexity index is 1220. The van der Waals surface area contributed by atoms with Crippen LogP contribution in [0, 0.1) is 5.92 Å². The smallest absolute Gasteiger partial charge is 0.243 e. The quantitative estimate of drug-likeness (QED) is 0.615. The van der Waals surface area contributed by atoms with Gasteiger partial charge in [-0.15, -0.1) is 11.3 Å². The van der Waals surface area contributed by atoms with Crippen LogP contribution >= 0.6 is 11.3 Å². The Morgan fingerprint density at radius 3 is 2.62 bits per heavy atom. The molecule has 1 saturated heterocycles. The highest BCUT2D eigenvalue weighted by atomic mass is 32.2. The first-order valence-corrected chi connectivity index (χ1v) is 13.5. The Hall–Kier alpha value is -2.07. The van der Waals surface area contributed by atoms with Gasteiger partial charge in [-0.2, -0.15) is 4.31 Å². The third-order valence-electron chi connectivity index (χ3n) is 6.59. The van der Waals surface area contributed by atoms with Gasteiger partial charge in [-0.3, -0.25) is 0 Å². The number of fused-ring (bicyclic) bond motifs is 3. The van der Waals surface area contributed by atoms with Crippen molar-refractivity contribution in [3.63, 3.8) is 0 Å². The minimum Gasteiger partial charge on any atom is -0.383 e. The molecule has 2 aromatic heterocycles. The molecule has 3 aromatic rings. The zero-order chi connectivity index (χ0) is 22.3. The van der Waals surface area contributed by atoms with E-state index < -0.39 is 10.0 Å². The highest BCUT2D eigenvalue weighted by Crippen LogP contribution is 2.39. The number of hydrogen-bond acceptors (Lipinski definition) is 7. The molecule has 1 aromatic carbocycles. The predicted octanol–water partition coefficient (Wildman–Crippen LogP) is 2.95. The summed E-state index contributed by atoms with van der Waals surface area (Å²) in [5.74, 6) is 2.10. The topological polar surface area (TPSA) is 92.4 Å². The Morgan fingerprint density at radius 1 is 1.12 bits per heavy atom. The molecule has 0 radical (unpaired) electrons. The lowest BCUT2D eigenvalue weighted by atomic mass is 9.89. The van der Waals surface area contributed by atoms with Gasteiger partial charge >= 0.3 is 0 Å². The number of hydrogen-bond donors (Lipinski definition) is 1. The highest BCUT2D eigenvalue weighted by molar-refractivity contribution is 7.89. The van der Waals surface area contributed by atoms with E-state index in [9.17, 15) is 8.42 Å². The molecular formula is C23H29N5O2S2. The van der Waals surface area contributed by atoms with Gasteiger partial charge in [0.15, 0.2) is 0 Å². The highest BCUT2D eigenvalue weighted by Gasteiger charge is 2.28. The van der Waals surface area contributed by atoms with Gasteiger partial charge < -0.3 is 10.6 Å². The number of nitrogen functional groups attached to an aromatic ring is 1. The average molecular weight is 472 g/mol. The summed E-state index contributed by atoms with van der Waals surface area (Å²) in [4.78, 5) is 14.5. The molecule has 1 aliphatic carbocycles. The number of sulfonamides is 1. The molecule has 9 heteroatoms. The number of anilines is 1. The SMILES string of the molecule is C[C@H]1CCc2c(sc3nc(CCN4CCN(S(=O)(=O)c5ccccc5)CC4)nc(N)c23)C1. The first-order chi connectivity index (χ1) is 15.4. The van der Waals surface area contributed by atoms with Crippen molar-refractivity contribution in [1.82, 2.24) is 19.2 Å². The van der Waals surface area contributed by atoms with Crippen LogP contribution in [0.4, 0.5) is 5.82 Å². The summed E-state index contributed by atoms with van der Waals surface area (Å²) in [6, 6.07) is 8.66. The van der Waals surface area contributed by atoms with Gasteiger partial charge in [0.1, 0.15) is 16.5 Å². The molecule has 0 bridgehead atoms. The normalized spacial score (nSPS) is 20.5. The zero-order valence-electron chi connectivity index (χ0n) is 18.3. The van der Waals surface area contributed by atoms with Crippen molar-refractivity contribution in [2.24, 2.45) is 5.92 Å². The first-order valence-electron chi connectivity index (χ1n) is 11.3. The number of rotatable bonds is 5. The van der Waals surface area contributed by atoms with Gasteiger partial charge in [-0.1, -0.05) is 25.1 Å². The van der Waals surface area contributed by atoms with Crippen LogP contribution in [0.25, 0.3) is 10.2 Å². The molecule has 0 unspecified atom stereocenters. The summed E-state index contributed by atoms with van der Waals surface area (Å²) in [5.41, 5.74) is 7.72. The molecule has 2 N–H and O–H groups in total. The van der Waals surface area contributed by atoms with Crippen LogP contribution in [0.2, 0.25) is 0 Å². The van der Waals surface area contributed by atoms with Gasteiger partial charge in [0.25, 0.3) is 0 Å². The van der Waals surface area contributed by atoms with E-state index in [-0.39, 0.29) is 0 Å². The number of nitrogens with zero attached hydrogens (tertiary/aromatic N) is 4. The van der Waals surface area contributed by atoms with Crippen LogP contribution < -0.4 is 5.73 Å². The maximum absolute atomic E-state index is 12.8. The molecule has 1 fully saturated rings. The second kappa shape index (κ2) is 8.70. The number of aryl methyl sites for hydroxylation is 1. The van der Waals surface area contributed by atoms with E-state index in [0.29, 0.717) is 49.2 Å². The summed E-state index contributed by atoms with van der Waals surface area (Å²) in [7, 11) is -3.42. The summed E-state index contributed by atoms with van der Waals surface area (Å²) < 4.78 is 27.2. The Kier molecular flexibility index (Phi) is 5.92. The second-order valence-electron chi connectivity index (χ2n) is 8.87. The van der Waals surface area contributed by atoms with Gasteiger partial charge in [-0.25, -0.2) is 18.4 Å². The molecule has 0 spiro atoms. The fourth-order valence-corrected chi connectivity index (χ4v) is 7.57. The van der Waals surface area contributed by atoms with Crippen LogP contribution in [0.15, 0.2) is 35.2 Å². The Balaban J connectivity index is 1.22. The van der Waals surface area contributed by atoms with Gasteiger partial charge in [0.2, 0.25) is 10.0 Å². The van der Waals surface area contributed by atoms with E-state index in [1.165, 1.54) is 16.9 Å². The molecule has 7 nitrogen and oxygen atoms in total. The molecule has 1 aliphatic heterocycles. The third-order valence-corrected chi connectivity index (χ3v) is 9.65. The minimum atomic E-state index is -3.42. The molecular weight excluding hydrogens is 442 g/mol. The molecule has 32 heavy (non-hydrogen) atoms. The minimum absolute atomic E-state index is 0.360. The number of aromatic nitrogens is 2. The molecule has 0 saturated carbocycles. The third kappa shape index (κ3) is 4.14. The molecule has 5 rings (SSSR count). The van der Waals surface area contributed by atoms with E-state index in [2.05, 4.69) is 16.8 Å². The maximum atomic E-state index is 12.8. The Morgan fingerprint density at radius 2 is 1.88 bits per heavy atom. The standard InChI is InChI=1S/C23H29N5O2S2/c1-16-7-8-18-19(15-16)31-23-21(18)22(24)25-20(26-23)9-10-27-11-13-28(14-12-27)32(29,30)17-5-3-2-4-6-17/h2-6,16H,7-15H2,1H3,(H2,24,25,26)/t16-/m0/s1. The van der Waals surface area contributed by atoms with E-state index in [1.807, 2.05) is 6.07 Å². The summed E-state index contributed by atoms with van der Waals surface area (Å²) in [6.07, 6.45) is 4.09. The van der Waals surface area contributed by atoms with Gasteiger partial charge in [0.05, 0.1) is 10.3 Å². The van der Waals surface area contributed by atoms with Crippen LogP contribution in [-0.2, 0) is 29.3 Å². The van der Waals surface area contributed by atoms with Crippen molar-refractivity contribution in [1.29, 1.82) is 0 Å². The fraction of sp³-hybridized carbons (Fsp3) is 0.478. The van der Waals surface area contributed by atoms with Crippen LogP contribution in [-0.4, -0.2) is 60.3 Å². The zero-order valence-corrected chi connectivity index (χ0v) is 20.0. The van der Waals surface area contributed by atoms with Crippen LogP contribution in [0.1, 0.15) is 29.6 Å². The largest absolute Gasteiger partial charge is 0.383 e. The van der Waals surface area contributed by atoms with Crippen molar-refractivity contribution in [3.05, 3.63) is 46.6 Å². The number of benzene rings is 1. The Labute approximate surface area is 193 Å². The van der Waals surface area contributed by atoms with Crippen molar-refractivity contribution in [2.75, 3.05) is 38.5 Å². The lowest BCUT2D eigenvalue weighted by molar-refractivity contribution is 0.189. The van der Waals surface area contributed by atoms with Crippen molar-refractivity contribution >= 4 is 37.4 Å². The first kappa shape index (κ1) is 21.8. The predicted molar refractivity (Wildman–Crippen MR) is 128 cm³/mol. The molecule has 0 amide bonds. The van der Waals surface area contributed by atoms with E-state index in [4.69, 9.17) is 10.7 Å². The van der Waals surface area contributed by atoms with Crippen molar-refractivity contribution in [2.45, 2.75) is 37.5 Å². The lowest BCUT2D eigenvalue weighted by Gasteiger charge is -2.33. The lowest BCUT2D eigenvalue weighted by Crippen LogP contribution is -2.49. The number of piperazine rings is 1. The summed E-state index contributed by atoms with van der Waals surface area (Å²) in [5, 5.41) is 1.07. The number of thiophene rings is 1. The average Bonchev–Trinajstić information content (AvgIpc) is 3.16. The second-order valence-corrected chi connectivity index (χ2v) is 11.9. The van der Waals surface area contributed by atoms with Crippen LogP contribution in [0.5, 0.6) is 0 Å². The van der Waals surface area contributed by atoms with Crippen LogP contribution in [0.3, 0.4) is 0 Å². The monoisotopic (exact) mass is 471 g/mol. The number of nitrogens with two attached hydrogens (primary N) is 1. The molecule has 170 valence electrons. The van der Waals surface area contributed by atoms with Crippen molar-refractivity contribution < 1.29 is 8.42 Å². The van der Waals surface area contributed by atoms with Gasteiger partial charge in [0, 0.05) is 44.0 Å². The molecule has 2 aliphatic rings. The fourth-order valence-electron chi connectivity index (χ4n) is 4.72. The van der Waals surface area contributed by atoms with Crippen molar-refractivity contribution in [3.8, 4) is 0 Å². The van der Waals surface area contributed by atoms with E-state index >= 15 is 0 Å². The molecule has 3 heterocycles. The van der Waals surface area contributed by atoms with E-state index in [0.717, 1.165) is 35.4 Å². The summed E-state index contributed by atoms with van der Waals surface area (Å²) >= 11 is 1.78.